The summed E-state index contributed by atoms with van der Waals surface area (Å²) < 4.78 is 0.990. The van der Waals surface area contributed by atoms with Crippen LogP contribution in [-0.4, -0.2) is 17.7 Å². The number of carbonyl (C=O) groups is 1. The highest BCUT2D eigenvalue weighted by Crippen LogP contribution is 2.21. The minimum atomic E-state index is -0.280. The van der Waals surface area contributed by atoms with Gasteiger partial charge in [-0.15, -0.1) is 0 Å². The monoisotopic (exact) mass is 365 g/mol. The summed E-state index contributed by atoms with van der Waals surface area (Å²) in [5, 5.41) is 7.62. The maximum atomic E-state index is 12.3. The lowest BCUT2D eigenvalue weighted by atomic mass is 9.89. The minimum absolute atomic E-state index is 0.0762. The first-order valence-electron chi connectivity index (χ1n) is 7.98. The van der Waals surface area contributed by atoms with E-state index >= 15 is 0 Å². The number of hydrogen-bond acceptors (Lipinski definition) is 3. The van der Waals surface area contributed by atoms with E-state index in [0.29, 0.717) is 12.3 Å². The van der Waals surface area contributed by atoms with Crippen LogP contribution in [0.15, 0.2) is 33.8 Å². The molecule has 1 aliphatic carbocycles. The van der Waals surface area contributed by atoms with Crippen LogP contribution in [0.2, 0.25) is 0 Å². The smallest absolute Gasteiger partial charge is 0.262 e. The van der Waals surface area contributed by atoms with E-state index in [2.05, 4.69) is 38.7 Å². The second kappa shape index (κ2) is 8.32. The lowest BCUT2D eigenvalue weighted by Crippen LogP contribution is -2.37. The van der Waals surface area contributed by atoms with Gasteiger partial charge in [-0.05, 0) is 49.8 Å². The van der Waals surface area contributed by atoms with E-state index in [0.717, 1.165) is 22.3 Å². The molecule has 1 amide bonds. The predicted octanol–water partition coefficient (Wildman–Crippen LogP) is 4.32. The van der Waals surface area contributed by atoms with Crippen molar-refractivity contribution in [1.82, 2.24) is 5.43 Å². The molecule has 22 heavy (non-hydrogen) atoms. The molecular formula is C17H24BrN3O. The molecule has 4 nitrogen and oxygen atoms in total. The summed E-state index contributed by atoms with van der Waals surface area (Å²) in [7, 11) is 0. The first kappa shape index (κ1) is 17.0. The van der Waals surface area contributed by atoms with Gasteiger partial charge in [0.05, 0.1) is 0 Å². The Morgan fingerprint density at radius 3 is 2.95 bits per heavy atom. The van der Waals surface area contributed by atoms with Crippen LogP contribution in [0, 0.1) is 5.92 Å². The molecule has 0 aliphatic heterocycles. The Balaban J connectivity index is 1.95. The van der Waals surface area contributed by atoms with Crippen LogP contribution >= 0.6 is 15.9 Å². The van der Waals surface area contributed by atoms with Gasteiger partial charge < -0.3 is 5.32 Å². The first-order chi connectivity index (χ1) is 10.6. The van der Waals surface area contributed by atoms with Crippen molar-refractivity contribution in [3.05, 3.63) is 28.7 Å². The number of nitrogens with zero attached hydrogens (tertiary/aromatic N) is 1. The van der Waals surface area contributed by atoms with Crippen LogP contribution in [0.4, 0.5) is 5.69 Å². The Hall–Kier alpha value is -1.36. The molecule has 1 saturated carbocycles. The SMILES string of the molecule is CC[C@H](Nc1cccc(Br)c1)C(=O)N/N=C1/CCCC[C@@H]1C. The maximum absolute atomic E-state index is 12.3. The Labute approximate surface area is 140 Å². The summed E-state index contributed by atoms with van der Waals surface area (Å²) in [5.41, 5.74) is 4.79. The number of hydrogen-bond donors (Lipinski definition) is 2. The van der Waals surface area contributed by atoms with Crippen molar-refractivity contribution in [3.8, 4) is 0 Å². The number of halogens is 1. The van der Waals surface area contributed by atoms with Gasteiger partial charge in [-0.2, -0.15) is 5.10 Å². The normalized spacial score (nSPS) is 21.4. The summed E-state index contributed by atoms with van der Waals surface area (Å²) >= 11 is 3.44. The number of amides is 1. The van der Waals surface area contributed by atoms with Gasteiger partial charge >= 0.3 is 0 Å². The van der Waals surface area contributed by atoms with Crippen LogP contribution in [0.1, 0.15) is 46.0 Å². The molecule has 0 bridgehead atoms. The van der Waals surface area contributed by atoms with Crippen molar-refractivity contribution in [2.24, 2.45) is 11.0 Å². The molecule has 0 saturated heterocycles. The Kier molecular flexibility index (Phi) is 6.43. The molecular weight excluding hydrogens is 342 g/mol. The number of benzene rings is 1. The molecule has 0 heterocycles. The van der Waals surface area contributed by atoms with Crippen molar-refractivity contribution in [2.45, 2.75) is 52.0 Å². The van der Waals surface area contributed by atoms with Gasteiger partial charge in [-0.25, -0.2) is 5.43 Å². The zero-order chi connectivity index (χ0) is 15.9. The Morgan fingerprint density at radius 2 is 2.27 bits per heavy atom. The van der Waals surface area contributed by atoms with E-state index < -0.39 is 0 Å². The van der Waals surface area contributed by atoms with Gasteiger partial charge in [0.15, 0.2) is 0 Å². The van der Waals surface area contributed by atoms with E-state index in [-0.39, 0.29) is 11.9 Å². The summed E-state index contributed by atoms with van der Waals surface area (Å²) in [6.45, 7) is 4.17. The summed E-state index contributed by atoms with van der Waals surface area (Å²) in [5.74, 6) is 0.403. The number of rotatable bonds is 5. The molecule has 120 valence electrons. The van der Waals surface area contributed by atoms with Crippen molar-refractivity contribution in [1.29, 1.82) is 0 Å². The van der Waals surface area contributed by atoms with Crippen molar-refractivity contribution in [2.75, 3.05) is 5.32 Å². The first-order valence-corrected chi connectivity index (χ1v) is 8.78. The van der Waals surface area contributed by atoms with Gasteiger partial charge in [0.2, 0.25) is 0 Å². The number of nitrogens with one attached hydrogen (secondary N) is 2. The van der Waals surface area contributed by atoms with E-state index in [1.165, 1.54) is 19.3 Å². The van der Waals surface area contributed by atoms with Crippen LogP contribution in [-0.2, 0) is 4.79 Å². The molecule has 1 aromatic rings. The van der Waals surface area contributed by atoms with Gasteiger partial charge in [0.25, 0.3) is 5.91 Å². The van der Waals surface area contributed by atoms with E-state index in [1.807, 2.05) is 31.2 Å². The van der Waals surface area contributed by atoms with Crippen LogP contribution in [0.25, 0.3) is 0 Å². The highest BCUT2D eigenvalue weighted by Gasteiger charge is 2.19. The standard InChI is InChI=1S/C17H24BrN3O/c1-3-15(19-14-9-6-8-13(18)11-14)17(22)21-20-16-10-5-4-7-12(16)2/h6,8-9,11-12,15,19H,3-5,7,10H2,1-2H3,(H,21,22)/b20-16-/t12-,15-/m0/s1. The van der Waals surface area contributed by atoms with Gasteiger partial charge in [0.1, 0.15) is 6.04 Å². The molecule has 2 atom stereocenters. The summed E-state index contributed by atoms with van der Waals surface area (Å²) in [6.07, 6.45) is 5.31. The quantitative estimate of drug-likeness (QED) is 0.763. The van der Waals surface area contributed by atoms with E-state index in [9.17, 15) is 4.79 Å². The zero-order valence-electron chi connectivity index (χ0n) is 13.2. The van der Waals surface area contributed by atoms with E-state index in [1.54, 1.807) is 0 Å². The van der Waals surface area contributed by atoms with Crippen LogP contribution < -0.4 is 10.7 Å². The van der Waals surface area contributed by atoms with Crippen molar-refractivity contribution < 1.29 is 4.79 Å². The third-order valence-electron chi connectivity index (χ3n) is 4.09. The summed E-state index contributed by atoms with van der Waals surface area (Å²) in [4.78, 5) is 12.3. The Morgan fingerprint density at radius 1 is 1.45 bits per heavy atom. The van der Waals surface area contributed by atoms with Gasteiger partial charge in [-0.1, -0.05) is 42.3 Å². The average molecular weight is 366 g/mol. The molecule has 5 heteroatoms. The lowest BCUT2D eigenvalue weighted by Gasteiger charge is -2.21. The van der Waals surface area contributed by atoms with Crippen molar-refractivity contribution >= 4 is 33.2 Å². The highest BCUT2D eigenvalue weighted by molar-refractivity contribution is 9.10. The maximum Gasteiger partial charge on any atom is 0.262 e. The second-order valence-corrected chi connectivity index (χ2v) is 6.76. The largest absolute Gasteiger partial charge is 0.374 e. The fourth-order valence-corrected chi connectivity index (χ4v) is 3.07. The molecule has 2 N–H and O–H groups in total. The van der Waals surface area contributed by atoms with Crippen molar-refractivity contribution in [3.63, 3.8) is 0 Å². The lowest BCUT2D eigenvalue weighted by molar-refractivity contribution is -0.121. The third kappa shape index (κ3) is 4.83. The number of carbonyl (C=O) groups excluding carboxylic acids is 1. The molecule has 0 spiro atoms. The third-order valence-corrected chi connectivity index (χ3v) is 4.58. The second-order valence-electron chi connectivity index (χ2n) is 5.84. The molecule has 0 unspecified atom stereocenters. The minimum Gasteiger partial charge on any atom is -0.374 e. The fourth-order valence-electron chi connectivity index (χ4n) is 2.67. The van der Waals surface area contributed by atoms with Crippen LogP contribution in [0.3, 0.4) is 0 Å². The van der Waals surface area contributed by atoms with Gasteiger partial charge in [0, 0.05) is 15.9 Å². The highest BCUT2D eigenvalue weighted by atomic mass is 79.9. The molecule has 1 fully saturated rings. The fraction of sp³-hybridized carbons (Fsp3) is 0.529. The molecule has 2 rings (SSSR count). The molecule has 1 aromatic carbocycles. The average Bonchev–Trinajstić information content (AvgIpc) is 2.51. The van der Waals surface area contributed by atoms with Crippen LogP contribution in [0.5, 0.6) is 0 Å². The summed E-state index contributed by atoms with van der Waals surface area (Å²) in [6, 6.07) is 7.54. The molecule has 0 radical (unpaired) electrons. The molecule has 1 aliphatic rings. The number of anilines is 1. The predicted molar refractivity (Wildman–Crippen MR) is 95.1 cm³/mol. The Bertz CT molecular complexity index is 544. The molecule has 0 aromatic heterocycles. The number of hydrazone groups is 1. The topological polar surface area (TPSA) is 53.5 Å². The van der Waals surface area contributed by atoms with E-state index in [4.69, 9.17) is 0 Å². The van der Waals surface area contributed by atoms with Gasteiger partial charge in [-0.3, -0.25) is 4.79 Å². The zero-order valence-corrected chi connectivity index (χ0v) is 14.8.